The van der Waals surface area contributed by atoms with Gasteiger partial charge in [-0.3, -0.25) is 9.36 Å². The number of nitrogens with two attached hydrogens (primary N) is 1. The fraction of sp³-hybridized carbons (Fsp3) is 0.529. The van der Waals surface area contributed by atoms with Crippen LogP contribution < -0.4 is 15.2 Å². The maximum Gasteiger partial charge on any atom is 0.257 e. The minimum atomic E-state index is -0.509. The van der Waals surface area contributed by atoms with Crippen molar-refractivity contribution in [2.24, 2.45) is 0 Å². The summed E-state index contributed by atoms with van der Waals surface area (Å²) in [7, 11) is 0. The number of anilines is 1. The quantitative estimate of drug-likeness (QED) is 0.573. The van der Waals surface area contributed by atoms with E-state index in [1.165, 1.54) is 4.68 Å². The first-order chi connectivity index (χ1) is 13.2. The van der Waals surface area contributed by atoms with Gasteiger partial charge < -0.3 is 25.4 Å². The average molecular weight is 391 g/mol. The van der Waals surface area contributed by atoms with Crippen molar-refractivity contribution in [3.8, 4) is 23.9 Å². The fourth-order valence-electron chi connectivity index (χ4n) is 1.98. The summed E-state index contributed by atoms with van der Waals surface area (Å²) in [4.78, 5) is 0. The highest BCUT2D eigenvalue weighted by molar-refractivity contribution is 5.45. The zero-order chi connectivity index (χ0) is 21.1. The molecule has 152 valence electrons. The fourth-order valence-corrected chi connectivity index (χ4v) is 1.98. The van der Waals surface area contributed by atoms with Crippen LogP contribution in [0.4, 0.5) is 5.69 Å². The smallest absolute Gasteiger partial charge is 0.257 e. The lowest BCUT2D eigenvalue weighted by molar-refractivity contribution is 0.166. The monoisotopic (exact) mass is 391 g/mol. The van der Waals surface area contributed by atoms with E-state index >= 15 is 0 Å². The molecule has 2 aromatic rings. The molecule has 0 amide bonds. The summed E-state index contributed by atoms with van der Waals surface area (Å²) in [6.45, 7) is 5.65. The maximum absolute atomic E-state index is 9.09. The van der Waals surface area contributed by atoms with Gasteiger partial charge in [0.15, 0.2) is 12.7 Å². The summed E-state index contributed by atoms with van der Waals surface area (Å²) in [5.74, 6) is 0.631. The second-order valence-corrected chi connectivity index (χ2v) is 6.02. The Morgan fingerprint density at radius 1 is 1.14 bits per heavy atom. The highest BCUT2D eigenvalue weighted by atomic mass is 16.5. The molecular weight excluding hydrogens is 366 g/mol. The summed E-state index contributed by atoms with van der Waals surface area (Å²) in [5, 5.41) is 42.9. The summed E-state index contributed by atoms with van der Waals surface area (Å²) < 4.78 is 13.2. The molecule has 0 radical (unpaired) electrons. The van der Waals surface area contributed by atoms with Crippen molar-refractivity contribution in [2.45, 2.75) is 52.2 Å². The number of rotatable bonds is 8. The average Bonchev–Trinajstić information content (AvgIpc) is 3.18. The second-order valence-electron chi connectivity index (χ2n) is 6.02. The van der Waals surface area contributed by atoms with Crippen LogP contribution in [0.15, 0.2) is 18.5 Å². The highest BCUT2D eigenvalue weighted by Crippen LogP contribution is 2.17. The number of aliphatic hydroxyl groups excluding tert-OH is 2. The van der Waals surface area contributed by atoms with Gasteiger partial charge in [0, 0.05) is 12.3 Å². The number of ether oxygens (including phenoxy) is 2. The lowest BCUT2D eigenvalue weighted by atomic mass is 10.4. The molecule has 0 aliphatic heterocycles. The molecule has 2 heterocycles. The number of nitriles is 2. The van der Waals surface area contributed by atoms with Crippen molar-refractivity contribution in [1.82, 2.24) is 19.6 Å². The third-order valence-corrected chi connectivity index (χ3v) is 3.03. The summed E-state index contributed by atoms with van der Waals surface area (Å²) >= 11 is 0. The van der Waals surface area contributed by atoms with Gasteiger partial charge in [-0.05, 0) is 20.8 Å². The van der Waals surface area contributed by atoms with Crippen LogP contribution >= 0.6 is 0 Å². The van der Waals surface area contributed by atoms with E-state index in [-0.39, 0.29) is 12.5 Å². The Hall–Kier alpha value is -3.28. The Kier molecular flexibility index (Phi) is 9.30. The maximum atomic E-state index is 9.09. The number of aromatic nitrogens is 4. The van der Waals surface area contributed by atoms with Crippen molar-refractivity contribution in [2.75, 3.05) is 12.3 Å². The molecule has 3 unspecified atom stereocenters. The van der Waals surface area contributed by atoms with E-state index in [1.807, 2.05) is 12.1 Å². The van der Waals surface area contributed by atoms with Crippen LogP contribution in [0.5, 0.6) is 11.8 Å². The van der Waals surface area contributed by atoms with Gasteiger partial charge in [0.2, 0.25) is 5.88 Å². The van der Waals surface area contributed by atoms with Gasteiger partial charge in [-0.15, -0.1) is 10.2 Å². The highest BCUT2D eigenvalue weighted by Gasteiger charge is 2.08. The molecule has 2 rings (SSSR count). The minimum absolute atomic E-state index is 0.0874. The van der Waals surface area contributed by atoms with Crippen LogP contribution in [0, 0.1) is 22.7 Å². The van der Waals surface area contributed by atoms with Gasteiger partial charge >= 0.3 is 0 Å². The van der Waals surface area contributed by atoms with E-state index in [0.29, 0.717) is 24.7 Å². The normalized spacial score (nSPS) is 13.2. The summed E-state index contributed by atoms with van der Waals surface area (Å²) in [5.41, 5.74) is 5.92. The van der Waals surface area contributed by atoms with E-state index in [4.69, 9.17) is 35.9 Å². The Labute approximate surface area is 163 Å². The Morgan fingerprint density at radius 3 is 2.36 bits per heavy atom. The van der Waals surface area contributed by atoms with Gasteiger partial charge in [-0.2, -0.15) is 10.5 Å². The number of aliphatic hydroxyl groups is 2. The van der Waals surface area contributed by atoms with Crippen molar-refractivity contribution in [3.05, 3.63) is 18.5 Å². The van der Waals surface area contributed by atoms with E-state index < -0.39 is 18.3 Å². The largest absolute Gasteiger partial charge is 0.460 e. The van der Waals surface area contributed by atoms with E-state index in [9.17, 15) is 0 Å². The topological polar surface area (TPSA) is 168 Å². The van der Waals surface area contributed by atoms with Crippen LogP contribution in [0.2, 0.25) is 0 Å². The van der Waals surface area contributed by atoms with Gasteiger partial charge in [0.05, 0.1) is 31.5 Å². The molecular formula is C17H25N7O4. The van der Waals surface area contributed by atoms with Crippen molar-refractivity contribution in [3.63, 3.8) is 0 Å². The van der Waals surface area contributed by atoms with Crippen LogP contribution in [0.1, 0.15) is 20.8 Å². The lowest BCUT2D eigenvalue weighted by Crippen LogP contribution is -2.13. The molecule has 0 aliphatic carbocycles. The zero-order valence-corrected chi connectivity index (χ0v) is 16.1. The molecule has 2 aromatic heterocycles. The lowest BCUT2D eigenvalue weighted by Gasteiger charge is -2.04. The van der Waals surface area contributed by atoms with Gasteiger partial charge in [0.1, 0.15) is 17.8 Å². The number of nitrogens with zero attached hydrogens (tertiary/aromatic N) is 6. The Balaban J connectivity index is 0.000000280. The van der Waals surface area contributed by atoms with E-state index in [2.05, 4.69) is 10.2 Å². The molecule has 11 nitrogen and oxygen atoms in total. The van der Waals surface area contributed by atoms with E-state index in [0.717, 1.165) is 0 Å². The van der Waals surface area contributed by atoms with Crippen molar-refractivity contribution < 1.29 is 19.7 Å². The zero-order valence-electron chi connectivity index (χ0n) is 16.1. The molecule has 0 saturated carbocycles. The molecule has 0 bridgehead atoms. The molecule has 4 N–H and O–H groups in total. The summed E-state index contributed by atoms with van der Waals surface area (Å²) in [6.07, 6.45) is 1.80. The Bertz CT molecular complexity index is 801. The first kappa shape index (κ1) is 22.8. The second kappa shape index (κ2) is 11.4. The molecule has 0 aromatic carbocycles. The number of hydrogen-bond acceptors (Lipinski definition) is 9. The van der Waals surface area contributed by atoms with Gasteiger partial charge in [-0.25, -0.2) is 0 Å². The van der Waals surface area contributed by atoms with Crippen molar-refractivity contribution in [1.29, 1.82) is 10.5 Å². The van der Waals surface area contributed by atoms with E-state index in [1.54, 1.807) is 43.9 Å². The standard InChI is InChI=1S/C9H13N3O2.C8H12N4O2/c1-7(13)6-12-4-3-9(11-12)14-8(2)5-10;1-6(13)4-12-5-7(10)8(11-12)14-3-2-9/h3-4,7-8,13H,6H2,1-2H3;5-6,13H,3-4,10H2,1H3. The SMILES string of the molecule is CC(O)Cn1cc(N)c(OCC#N)n1.CC(O)Cn1ccc(OC(C)C#N)n1. The first-order valence-electron chi connectivity index (χ1n) is 8.53. The molecule has 0 fully saturated rings. The molecule has 11 heteroatoms. The van der Waals surface area contributed by atoms with Crippen molar-refractivity contribution >= 4 is 5.69 Å². The third kappa shape index (κ3) is 8.40. The van der Waals surface area contributed by atoms with Gasteiger partial charge in [0.25, 0.3) is 5.88 Å². The molecule has 3 atom stereocenters. The Morgan fingerprint density at radius 2 is 1.79 bits per heavy atom. The number of nitrogen functional groups attached to an aromatic ring is 1. The summed E-state index contributed by atoms with van der Waals surface area (Å²) in [6, 6.07) is 5.42. The third-order valence-electron chi connectivity index (χ3n) is 3.03. The molecule has 0 spiro atoms. The van der Waals surface area contributed by atoms with Crippen LogP contribution in [-0.4, -0.2) is 54.7 Å². The predicted octanol–water partition coefficient (Wildman–Crippen LogP) is 0.303. The minimum Gasteiger partial charge on any atom is -0.460 e. The number of hydrogen-bond donors (Lipinski definition) is 3. The van der Waals surface area contributed by atoms with Crippen LogP contribution in [0.25, 0.3) is 0 Å². The van der Waals surface area contributed by atoms with Crippen LogP contribution in [-0.2, 0) is 13.1 Å². The van der Waals surface area contributed by atoms with Crippen LogP contribution in [0.3, 0.4) is 0 Å². The molecule has 28 heavy (non-hydrogen) atoms. The first-order valence-corrected chi connectivity index (χ1v) is 8.53. The molecule has 0 saturated heterocycles. The van der Waals surface area contributed by atoms with Gasteiger partial charge in [-0.1, -0.05) is 0 Å². The molecule has 0 aliphatic rings. The predicted molar refractivity (Wildman–Crippen MR) is 99.0 cm³/mol.